The molecule has 0 aliphatic carbocycles. The molecule has 0 spiro atoms. The van der Waals surface area contributed by atoms with E-state index in [1.807, 2.05) is 11.1 Å². The van der Waals surface area contributed by atoms with Gasteiger partial charge in [0.1, 0.15) is 6.34 Å². The van der Waals surface area contributed by atoms with Gasteiger partial charge in [-0.25, -0.2) is 10.4 Å². The summed E-state index contributed by atoms with van der Waals surface area (Å²) in [5.74, 6) is 0. The van der Waals surface area contributed by atoms with Gasteiger partial charge in [-0.15, -0.1) is 0 Å². The Morgan fingerprint density at radius 2 is 2.67 bits per heavy atom. The number of nitrogens with zero attached hydrogens (tertiary/aromatic N) is 2. The van der Waals surface area contributed by atoms with E-state index in [2.05, 4.69) is 16.5 Å². The SMILES string of the molecule is C1=CC2=CCNN2C=N1. The minimum absolute atomic E-state index is 0.908. The Morgan fingerprint density at radius 1 is 1.67 bits per heavy atom. The zero-order chi connectivity index (χ0) is 6.10. The highest BCUT2D eigenvalue weighted by atomic mass is 15.5. The normalized spacial score (nSPS) is 22.2. The summed E-state index contributed by atoms with van der Waals surface area (Å²) in [6, 6.07) is 0. The molecule has 0 bridgehead atoms. The Bertz CT molecular complexity index is 200. The van der Waals surface area contributed by atoms with Crippen LogP contribution in [0.15, 0.2) is 29.0 Å². The van der Waals surface area contributed by atoms with Gasteiger partial charge in [0, 0.05) is 12.7 Å². The summed E-state index contributed by atoms with van der Waals surface area (Å²) in [4.78, 5) is 3.94. The monoisotopic (exact) mass is 121 g/mol. The van der Waals surface area contributed by atoms with Crippen LogP contribution in [0.1, 0.15) is 0 Å². The number of hydrazine groups is 1. The summed E-state index contributed by atoms with van der Waals surface area (Å²) >= 11 is 0. The van der Waals surface area contributed by atoms with Crippen LogP contribution in [0.25, 0.3) is 0 Å². The molecule has 0 aromatic rings. The van der Waals surface area contributed by atoms with E-state index in [0.29, 0.717) is 0 Å². The van der Waals surface area contributed by atoms with Gasteiger partial charge < -0.3 is 0 Å². The first-order valence-corrected chi connectivity index (χ1v) is 2.89. The van der Waals surface area contributed by atoms with Crippen LogP contribution < -0.4 is 5.43 Å². The number of aliphatic imine (C=N–C) groups is 1. The quantitative estimate of drug-likeness (QED) is 0.497. The first kappa shape index (κ1) is 4.76. The van der Waals surface area contributed by atoms with Gasteiger partial charge in [-0.2, -0.15) is 0 Å². The minimum atomic E-state index is 0.908. The maximum Gasteiger partial charge on any atom is 0.110 e. The average molecular weight is 121 g/mol. The van der Waals surface area contributed by atoms with E-state index in [1.54, 1.807) is 12.5 Å². The number of hydrogen-bond donors (Lipinski definition) is 1. The van der Waals surface area contributed by atoms with Crippen molar-refractivity contribution in [2.75, 3.05) is 6.54 Å². The molecule has 1 N–H and O–H groups in total. The lowest BCUT2D eigenvalue weighted by molar-refractivity contribution is 0.451. The molecule has 0 saturated carbocycles. The third-order valence-electron chi connectivity index (χ3n) is 1.36. The second kappa shape index (κ2) is 1.70. The molecule has 0 amide bonds. The molecule has 2 aliphatic rings. The van der Waals surface area contributed by atoms with Crippen molar-refractivity contribution in [1.29, 1.82) is 0 Å². The van der Waals surface area contributed by atoms with Crippen molar-refractivity contribution in [3.8, 4) is 0 Å². The van der Waals surface area contributed by atoms with E-state index in [1.165, 1.54) is 5.70 Å². The van der Waals surface area contributed by atoms with E-state index in [-0.39, 0.29) is 0 Å². The van der Waals surface area contributed by atoms with Crippen LogP contribution in [0.2, 0.25) is 0 Å². The number of fused-ring (bicyclic) bond motifs is 1. The van der Waals surface area contributed by atoms with Gasteiger partial charge in [-0.05, 0) is 12.2 Å². The Balaban J connectivity index is 2.33. The molecule has 0 saturated heterocycles. The number of nitrogens with one attached hydrogen (secondary N) is 1. The Labute approximate surface area is 53.3 Å². The van der Waals surface area contributed by atoms with E-state index >= 15 is 0 Å². The van der Waals surface area contributed by atoms with Gasteiger partial charge in [0.05, 0.1) is 5.70 Å². The molecule has 0 atom stereocenters. The average Bonchev–Trinajstić information content (AvgIpc) is 2.33. The Hall–Kier alpha value is -1.09. The molecule has 2 aliphatic heterocycles. The third-order valence-corrected chi connectivity index (χ3v) is 1.36. The zero-order valence-electron chi connectivity index (χ0n) is 4.91. The number of allylic oxidation sites excluding steroid dienone is 1. The molecule has 2 rings (SSSR count). The number of rotatable bonds is 0. The third kappa shape index (κ3) is 0.658. The van der Waals surface area contributed by atoms with Crippen LogP contribution in [0.5, 0.6) is 0 Å². The fourth-order valence-corrected chi connectivity index (χ4v) is 0.919. The van der Waals surface area contributed by atoms with Crippen LogP contribution in [0.4, 0.5) is 0 Å². The molecule has 3 heteroatoms. The zero-order valence-corrected chi connectivity index (χ0v) is 4.91. The Morgan fingerprint density at radius 3 is 3.56 bits per heavy atom. The second-order valence-electron chi connectivity index (χ2n) is 1.94. The highest BCUT2D eigenvalue weighted by Crippen LogP contribution is 2.09. The second-order valence-corrected chi connectivity index (χ2v) is 1.94. The van der Waals surface area contributed by atoms with E-state index in [4.69, 9.17) is 0 Å². The van der Waals surface area contributed by atoms with Crippen molar-refractivity contribution in [1.82, 2.24) is 10.4 Å². The predicted octanol–water partition coefficient (Wildman–Crippen LogP) is 0.246. The van der Waals surface area contributed by atoms with Gasteiger partial charge >= 0.3 is 0 Å². The Kier molecular flexibility index (Phi) is 0.899. The lowest BCUT2D eigenvalue weighted by atomic mass is 10.4. The minimum Gasteiger partial charge on any atom is -0.266 e. The van der Waals surface area contributed by atoms with Crippen molar-refractivity contribution in [2.45, 2.75) is 0 Å². The highest BCUT2D eigenvalue weighted by Gasteiger charge is 2.10. The fourth-order valence-electron chi connectivity index (χ4n) is 0.919. The molecule has 0 aromatic heterocycles. The molecule has 3 nitrogen and oxygen atoms in total. The topological polar surface area (TPSA) is 27.6 Å². The first-order chi connectivity index (χ1) is 4.47. The smallest absolute Gasteiger partial charge is 0.110 e. The standard InChI is InChI=1S/C6H7N3/c1-3-7-5-9-6(1)2-4-8-9/h1-3,5,8H,4H2. The van der Waals surface area contributed by atoms with Crippen LogP contribution in [-0.2, 0) is 0 Å². The predicted molar refractivity (Wildman–Crippen MR) is 35.6 cm³/mol. The summed E-state index contributed by atoms with van der Waals surface area (Å²) in [5, 5.41) is 1.90. The maximum absolute atomic E-state index is 3.94. The van der Waals surface area contributed by atoms with Crippen molar-refractivity contribution in [3.05, 3.63) is 24.0 Å². The molecule has 46 valence electrons. The van der Waals surface area contributed by atoms with Gasteiger partial charge in [0.15, 0.2) is 0 Å². The molecule has 0 radical (unpaired) electrons. The molecule has 0 unspecified atom stereocenters. The molecular formula is C6H7N3. The summed E-state index contributed by atoms with van der Waals surface area (Å²) in [7, 11) is 0. The van der Waals surface area contributed by atoms with Gasteiger partial charge in [-0.1, -0.05) is 0 Å². The molecule has 0 aromatic carbocycles. The largest absolute Gasteiger partial charge is 0.266 e. The van der Waals surface area contributed by atoms with Crippen molar-refractivity contribution >= 4 is 6.34 Å². The van der Waals surface area contributed by atoms with E-state index < -0.39 is 0 Å². The van der Waals surface area contributed by atoms with Gasteiger partial charge in [0.2, 0.25) is 0 Å². The lowest BCUT2D eigenvalue weighted by Gasteiger charge is -2.15. The van der Waals surface area contributed by atoms with E-state index in [0.717, 1.165) is 6.54 Å². The molecule has 0 fully saturated rings. The highest BCUT2D eigenvalue weighted by molar-refractivity contribution is 5.62. The molecule has 2 heterocycles. The summed E-state index contributed by atoms with van der Waals surface area (Å²) in [5.41, 5.74) is 4.28. The lowest BCUT2D eigenvalue weighted by Crippen LogP contribution is -2.30. The van der Waals surface area contributed by atoms with Crippen molar-refractivity contribution in [2.24, 2.45) is 4.99 Å². The van der Waals surface area contributed by atoms with Crippen LogP contribution in [0, 0.1) is 0 Å². The maximum atomic E-state index is 3.94. The van der Waals surface area contributed by atoms with Crippen LogP contribution in [-0.4, -0.2) is 17.9 Å². The first-order valence-electron chi connectivity index (χ1n) is 2.89. The van der Waals surface area contributed by atoms with Crippen LogP contribution in [0.3, 0.4) is 0 Å². The summed E-state index contributed by atoms with van der Waals surface area (Å²) < 4.78 is 0. The molecular weight excluding hydrogens is 114 g/mol. The van der Waals surface area contributed by atoms with Gasteiger partial charge in [-0.3, -0.25) is 5.01 Å². The van der Waals surface area contributed by atoms with E-state index in [9.17, 15) is 0 Å². The number of hydrogen-bond acceptors (Lipinski definition) is 3. The van der Waals surface area contributed by atoms with Crippen LogP contribution >= 0.6 is 0 Å². The summed E-state index contributed by atoms with van der Waals surface area (Å²) in [6.07, 6.45) is 7.63. The van der Waals surface area contributed by atoms with Crippen molar-refractivity contribution in [3.63, 3.8) is 0 Å². The van der Waals surface area contributed by atoms with Crippen molar-refractivity contribution < 1.29 is 0 Å². The molecule has 9 heavy (non-hydrogen) atoms. The fraction of sp³-hybridized carbons (Fsp3) is 0.167. The van der Waals surface area contributed by atoms with Gasteiger partial charge in [0.25, 0.3) is 0 Å². The summed E-state index contributed by atoms with van der Waals surface area (Å²) in [6.45, 7) is 0.908.